The summed E-state index contributed by atoms with van der Waals surface area (Å²) in [6, 6.07) is 12.7. The highest BCUT2D eigenvalue weighted by Gasteiger charge is 2.33. The molecule has 0 heterocycles. The van der Waals surface area contributed by atoms with Gasteiger partial charge in [0.25, 0.3) is 0 Å². The van der Waals surface area contributed by atoms with E-state index in [-0.39, 0.29) is 0 Å². The van der Waals surface area contributed by atoms with Crippen molar-refractivity contribution in [2.24, 2.45) is 5.92 Å². The van der Waals surface area contributed by atoms with E-state index in [4.69, 9.17) is 23.2 Å². The van der Waals surface area contributed by atoms with Gasteiger partial charge in [-0.3, -0.25) is 0 Å². The number of benzene rings is 2. The molecule has 1 unspecified atom stereocenters. The Morgan fingerprint density at radius 3 is 1.91 bits per heavy atom. The van der Waals surface area contributed by atoms with E-state index in [1.54, 1.807) is 0 Å². The van der Waals surface area contributed by atoms with Crippen molar-refractivity contribution in [1.29, 1.82) is 0 Å². The Balaban J connectivity index is 2.11. The van der Waals surface area contributed by atoms with Crippen LogP contribution < -0.4 is 0 Å². The Labute approximate surface area is 143 Å². The fourth-order valence-corrected chi connectivity index (χ4v) is 4.16. The largest absolute Gasteiger partial charge is 0.0843 e. The van der Waals surface area contributed by atoms with Gasteiger partial charge in [0.05, 0.1) is 0 Å². The minimum atomic E-state index is 0.482. The second-order valence-electron chi connectivity index (χ2n) is 6.25. The lowest BCUT2D eigenvalue weighted by molar-refractivity contribution is 0.410. The van der Waals surface area contributed by atoms with Crippen LogP contribution in [0.2, 0.25) is 10.0 Å². The molecular formula is C20H22Cl2. The molecule has 116 valence electrons. The first-order chi connectivity index (χ1) is 10.7. The highest BCUT2D eigenvalue weighted by molar-refractivity contribution is 6.31. The third-order valence-corrected chi connectivity index (χ3v) is 5.39. The van der Waals surface area contributed by atoms with Crippen molar-refractivity contribution in [3.8, 4) is 11.1 Å². The van der Waals surface area contributed by atoms with Gasteiger partial charge in [0.15, 0.2) is 0 Å². The molecule has 0 N–H and O–H groups in total. The number of fused-ring (bicyclic) bond motifs is 3. The summed E-state index contributed by atoms with van der Waals surface area (Å²) < 4.78 is 0. The van der Waals surface area contributed by atoms with Gasteiger partial charge in [-0.2, -0.15) is 0 Å². The van der Waals surface area contributed by atoms with E-state index in [0.717, 1.165) is 10.0 Å². The lowest BCUT2D eigenvalue weighted by Crippen LogP contribution is -2.11. The zero-order valence-corrected chi connectivity index (χ0v) is 14.7. The monoisotopic (exact) mass is 332 g/mol. The smallest absolute Gasteiger partial charge is 0.0412 e. The van der Waals surface area contributed by atoms with Gasteiger partial charge in [0, 0.05) is 16.0 Å². The molecule has 0 fully saturated rings. The Bertz CT molecular complexity index is 624. The highest BCUT2D eigenvalue weighted by Crippen LogP contribution is 2.51. The molecular weight excluding hydrogens is 311 g/mol. The van der Waals surface area contributed by atoms with Crippen LogP contribution in [0.3, 0.4) is 0 Å². The summed E-state index contributed by atoms with van der Waals surface area (Å²) in [4.78, 5) is 0. The van der Waals surface area contributed by atoms with Crippen LogP contribution in [0.5, 0.6) is 0 Å². The lowest BCUT2D eigenvalue weighted by Gasteiger charge is -2.24. The molecule has 1 aliphatic carbocycles. The predicted octanol–water partition coefficient (Wildman–Crippen LogP) is 7.32. The molecule has 2 aromatic rings. The molecule has 0 radical (unpaired) electrons. The SMILES string of the molecule is CCCCC(CC)C1c2ccc(Cl)cc2-c2cc(Cl)ccc21. The normalized spacial score (nSPS) is 14.7. The van der Waals surface area contributed by atoms with Crippen molar-refractivity contribution in [2.75, 3.05) is 0 Å². The molecule has 0 nitrogen and oxygen atoms in total. The van der Waals surface area contributed by atoms with Gasteiger partial charge >= 0.3 is 0 Å². The van der Waals surface area contributed by atoms with Gasteiger partial charge in [0.1, 0.15) is 0 Å². The third kappa shape index (κ3) is 2.79. The lowest BCUT2D eigenvalue weighted by atomic mass is 9.80. The summed E-state index contributed by atoms with van der Waals surface area (Å²) in [5.41, 5.74) is 5.38. The summed E-state index contributed by atoms with van der Waals surface area (Å²) in [7, 11) is 0. The summed E-state index contributed by atoms with van der Waals surface area (Å²) in [6.07, 6.45) is 5.03. The van der Waals surface area contributed by atoms with E-state index in [1.807, 2.05) is 12.1 Å². The number of unbranched alkanes of at least 4 members (excludes halogenated alkanes) is 1. The number of hydrogen-bond acceptors (Lipinski definition) is 0. The first-order valence-electron chi connectivity index (χ1n) is 8.25. The summed E-state index contributed by atoms with van der Waals surface area (Å²) in [5, 5.41) is 1.60. The predicted molar refractivity (Wildman–Crippen MR) is 97.0 cm³/mol. The van der Waals surface area contributed by atoms with Crippen molar-refractivity contribution in [2.45, 2.75) is 45.4 Å². The quantitative estimate of drug-likeness (QED) is 0.537. The van der Waals surface area contributed by atoms with Crippen LogP contribution in [0.4, 0.5) is 0 Å². The topological polar surface area (TPSA) is 0 Å². The molecule has 0 aromatic heterocycles. The minimum Gasteiger partial charge on any atom is -0.0843 e. The van der Waals surface area contributed by atoms with E-state index < -0.39 is 0 Å². The van der Waals surface area contributed by atoms with E-state index >= 15 is 0 Å². The molecule has 0 aliphatic heterocycles. The molecule has 0 spiro atoms. The third-order valence-electron chi connectivity index (χ3n) is 4.92. The average molecular weight is 333 g/mol. The second kappa shape index (κ2) is 6.64. The first-order valence-corrected chi connectivity index (χ1v) is 9.00. The molecule has 0 bridgehead atoms. The average Bonchev–Trinajstić information content (AvgIpc) is 2.82. The van der Waals surface area contributed by atoms with Crippen LogP contribution in [0, 0.1) is 5.92 Å². The Hall–Kier alpha value is -0.980. The summed E-state index contributed by atoms with van der Waals surface area (Å²) in [5.74, 6) is 1.17. The molecule has 0 saturated carbocycles. The molecule has 22 heavy (non-hydrogen) atoms. The number of rotatable bonds is 5. The first kappa shape index (κ1) is 15.9. The van der Waals surface area contributed by atoms with Crippen LogP contribution in [0.15, 0.2) is 36.4 Å². The van der Waals surface area contributed by atoms with Crippen LogP contribution in [-0.4, -0.2) is 0 Å². The van der Waals surface area contributed by atoms with Gasteiger partial charge in [-0.15, -0.1) is 0 Å². The second-order valence-corrected chi connectivity index (χ2v) is 7.12. The van der Waals surface area contributed by atoms with Crippen LogP contribution in [-0.2, 0) is 0 Å². The van der Waals surface area contributed by atoms with Gasteiger partial charge in [-0.1, -0.05) is 68.4 Å². The molecule has 3 rings (SSSR count). The Kier molecular flexibility index (Phi) is 4.80. The van der Waals surface area contributed by atoms with Crippen molar-refractivity contribution in [1.82, 2.24) is 0 Å². The molecule has 0 amide bonds. The van der Waals surface area contributed by atoms with E-state index in [9.17, 15) is 0 Å². The van der Waals surface area contributed by atoms with Gasteiger partial charge in [-0.25, -0.2) is 0 Å². The standard InChI is InChI=1S/C20H22Cl2/c1-3-5-6-13(4-2)20-16-9-7-14(21)11-18(16)19-12-15(22)8-10-17(19)20/h7-13,20H,3-6H2,1-2H3. The summed E-state index contributed by atoms with van der Waals surface area (Å²) in [6.45, 7) is 4.58. The van der Waals surface area contributed by atoms with Gasteiger partial charge in [0.2, 0.25) is 0 Å². The summed E-state index contributed by atoms with van der Waals surface area (Å²) >= 11 is 12.5. The van der Waals surface area contributed by atoms with Gasteiger partial charge in [-0.05, 0) is 58.9 Å². The molecule has 2 heteroatoms. The highest BCUT2D eigenvalue weighted by atomic mass is 35.5. The zero-order valence-electron chi connectivity index (χ0n) is 13.2. The Morgan fingerprint density at radius 2 is 1.45 bits per heavy atom. The number of hydrogen-bond donors (Lipinski definition) is 0. The fourth-order valence-electron chi connectivity index (χ4n) is 3.81. The maximum atomic E-state index is 6.24. The molecule has 2 aromatic carbocycles. The zero-order chi connectivity index (χ0) is 15.7. The van der Waals surface area contributed by atoms with E-state index in [0.29, 0.717) is 11.8 Å². The van der Waals surface area contributed by atoms with Crippen LogP contribution in [0.25, 0.3) is 11.1 Å². The van der Waals surface area contributed by atoms with Crippen molar-refractivity contribution in [3.63, 3.8) is 0 Å². The van der Waals surface area contributed by atoms with E-state index in [2.05, 4.69) is 38.1 Å². The maximum Gasteiger partial charge on any atom is 0.0412 e. The minimum absolute atomic E-state index is 0.482. The number of halogens is 2. The van der Waals surface area contributed by atoms with Crippen LogP contribution >= 0.6 is 23.2 Å². The van der Waals surface area contributed by atoms with Crippen LogP contribution in [0.1, 0.15) is 56.6 Å². The van der Waals surface area contributed by atoms with Crippen molar-refractivity contribution in [3.05, 3.63) is 57.6 Å². The van der Waals surface area contributed by atoms with E-state index in [1.165, 1.54) is 47.9 Å². The van der Waals surface area contributed by atoms with Gasteiger partial charge < -0.3 is 0 Å². The molecule has 1 atom stereocenters. The Morgan fingerprint density at radius 1 is 0.909 bits per heavy atom. The molecule has 1 aliphatic rings. The van der Waals surface area contributed by atoms with Crippen molar-refractivity contribution < 1.29 is 0 Å². The maximum absolute atomic E-state index is 6.24. The van der Waals surface area contributed by atoms with Crippen molar-refractivity contribution >= 4 is 23.2 Å². The fraction of sp³-hybridized carbons (Fsp3) is 0.400. The molecule has 0 saturated heterocycles.